The summed E-state index contributed by atoms with van der Waals surface area (Å²) in [5.74, 6) is 0. The van der Waals surface area contributed by atoms with Crippen LogP contribution >= 0.6 is 34.5 Å². The average molecular weight is 336 g/mol. The van der Waals surface area contributed by atoms with Gasteiger partial charge in [0.25, 0.3) is 0 Å². The summed E-state index contributed by atoms with van der Waals surface area (Å²) in [6.07, 6.45) is 0. The van der Waals surface area contributed by atoms with Crippen LogP contribution in [0.1, 0.15) is 0 Å². The molecule has 0 radical (unpaired) electrons. The molecule has 0 atom stereocenters. The Morgan fingerprint density at radius 2 is 1.95 bits per heavy atom. The molecule has 6 heteroatoms. The summed E-state index contributed by atoms with van der Waals surface area (Å²) in [6.45, 7) is 0. The van der Waals surface area contributed by atoms with Crippen molar-refractivity contribution in [3.05, 3.63) is 57.9 Å². The van der Waals surface area contributed by atoms with E-state index < -0.39 is 0 Å². The van der Waals surface area contributed by atoms with Crippen molar-refractivity contribution in [2.75, 3.05) is 11.1 Å². The molecule has 3 nitrogen and oxygen atoms in total. The predicted octanol–water partition coefficient (Wildman–Crippen LogP) is 5.44. The topological polar surface area (TPSA) is 50.9 Å². The largest absolute Gasteiger partial charge is 0.399 e. The van der Waals surface area contributed by atoms with Gasteiger partial charge < -0.3 is 11.1 Å². The van der Waals surface area contributed by atoms with Crippen molar-refractivity contribution in [1.29, 1.82) is 0 Å². The standard InChI is InChI=1S/C15H11Cl2N3S/c16-10-4-5-13(12(17)7-10)19-15-20-14(8-21-15)9-2-1-3-11(18)6-9/h1-8H,18H2,(H,19,20). The number of nitrogens with two attached hydrogens (primary N) is 1. The first-order valence-electron chi connectivity index (χ1n) is 6.15. The highest BCUT2D eigenvalue weighted by Gasteiger charge is 2.07. The number of nitrogen functional groups attached to an aromatic ring is 1. The van der Waals surface area contributed by atoms with Crippen molar-refractivity contribution in [2.45, 2.75) is 0 Å². The lowest BCUT2D eigenvalue weighted by molar-refractivity contribution is 1.38. The zero-order valence-electron chi connectivity index (χ0n) is 10.8. The Morgan fingerprint density at radius 1 is 1.10 bits per heavy atom. The van der Waals surface area contributed by atoms with Crippen LogP contribution in [-0.4, -0.2) is 4.98 Å². The van der Waals surface area contributed by atoms with E-state index in [1.165, 1.54) is 11.3 Å². The van der Waals surface area contributed by atoms with Gasteiger partial charge in [-0.15, -0.1) is 11.3 Å². The Kier molecular flexibility index (Phi) is 4.01. The second-order valence-electron chi connectivity index (χ2n) is 4.41. The molecule has 0 aliphatic heterocycles. The fourth-order valence-electron chi connectivity index (χ4n) is 1.87. The molecule has 2 aromatic carbocycles. The third kappa shape index (κ3) is 3.29. The summed E-state index contributed by atoms with van der Waals surface area (Å²) >= 11 is 13.5. The molecule has 0 spiro atoms. The van der Waals surface area contributed by atoms with Crippen LogP contribution in [-0.2, 0) is 0 Å². The number of anilines is 3. The van der Waals surface area contributed by atoms with Crippen molar-refractivity contribution in [1.82, 2.24) is 4.98 Å². The molecule has 0 amide bonds. The summed E-state index contributed by atoms with van der Waals surface area (Å²) < 4.78 is 0. The highest BCUT2D eigenvalue weighted by molar-refractivity contribution is 7.14. The number of rotatable bonds is 3. The van der Waals surface area contributed by atoms with E-state index in [0.717, 1.165) is 27.8 Å². The summed E-state index contributed by atoms with van der Waals surface area (Å²) in [5.41, 5.74) is 9.14. The third-order valence-corrected chi connectivity index (χ3v) is 4.16. The predicted molar refractivity (Wildman–Crippen MR) is 91.7 cm³/mol. The van der Waals surface area contributed by atoms with Gasteiger partial charge in [0, 0.05) is 21.7 Å². The maximum atomic E-state index is 6.14. The molecule has 1 heterocycles. The van der Waals surface area contributed by atoms with Crippen molar-refractivity contribution in [3.63, 3.8) is 0 Å². The van der Waals surface area contributed by atoms with E-state index in [9.17, 15) is 0 Å². The molecule has 1 aromatic heterocycles. The first kappa shape index (κ1) is 14.2. The Bertz CT molecular complexity index is 786. The van der Waals surface area contributed by atoms with Gasteiger partial charge >= 0.3 is 0 Å². The molecule has 106 valence electrons. The minimum absolute atomic E-state index is 0.559. The lowest BCUT2D eigenvalue weighted by atomic mass is 10.1. The summed E-state index contributed by atoms with van der Waals surface area (Å²) in [5, 5.41) is 7.08. The minimum Gasteiger partial charge on any atom is -0.399 e. The van der Waals surface area contributed by atoms with Crippen LogP contribution in [0.4, 0.5) is 16.5 Å². The monoisotopic (exact) mass is 335 g/mol. The second kappa shape index (κ2) is 5.93. The molecule has 21 heavy (non-hydrogen) atoms. The SMILES string of the molecule is Nc1cccc(-c2csc(Nc3ccc(Cl)cc3Cl)n2)c1. The van der Waals surface area contributed by atoms with E-state index in [-0.39, 0.29) is 0 Å². The van der Waals surface area contributed by atoms with E-state index in [4.69, 9.17) is 28.9 Å². The molecule has 3 rings (SSSR count). The lowest BCUT2D eigenvalue weighted by Crippen LogP contribution is -1.91. The Morgan fingerprint density at radius 3 is 2.71 bits per heavy atom. The summed E-state index contributed by atoms with van der Waals surface area (Å²) in [7, 11) is 0. The maximum absolute atomic E-state index is 6.14. The molecule has 0 fully saturated rings. The van der Waals surface area contributed by atoms with Crippen LogP contribution in [0.5, 0.6) is 0 Å². The fraction of sp³-hybridized carbons (Fsp3) is 0. The number of nitrogens with zero attached hydrogens (tertiary/aromatic N) is 1. The average Bonchev–Trinajstić information content (AvgIpc) is 2.91. The van der Waals surface area contributed by atoms with Crippen LogP contribution in [0, 0.1) is 0 Å². The highest BCUT2D eigenvalue weighted by atomic mass is 35.5. The lowest BCUT2D eigenvalue weighted by Gasteiger charge is -2.05. The van der Waals surface area contributed by atoms with Crippen molar-refractivity contribution < 1.29 is 0 Å². The van der Waals surface area contributed by atoms with Crippen LogP contribution in [0.15, 0.2) is 47.8 Å². The fourth-order valence-corrected chi connectivity index (χ4v) is 3.06. The molecule has 0 bridgehead atoms. The van der Waals surface area contributed by atoms with Crippen molar-refractivity contribution >= 4 is 51.0 Å². The van der Waals surface area contributed by atoms with Gasteiger partial charge in [-0.25, -0.2) is 4.98 Å². The third-order valence-electron chi connectivity index (χ3n) is 2.86. The zero-order valence-corrected chi connectivity index (χ0v) is 13.1. The van der Waals surface area contributed by atoms with E-state index >= 15 is 0 Å². The summed E-state index contributed by atoms with van der Waals surface area (Å²) in [6, 6.07) is 12.9. The molecular weight excluding hydrogens is 325 g/mol. The smallest absolute Gasteiger partial charge is 0.187 e. The van der Waals surface area contributed by atoms with Gasteiger partial charge in [0.1, 0.15) is 0 Å². The molecule has 3 aromatic rings. The van der Waals surface area contributed by atoms with Gasteiger partial charge in [0.15, 0.2) is 5.13 Å². The van der Waals surface area contributed by atoms with Gasteiger partial charge in [0.05, 0.1) is 16.4 Å². The quantitative estimate of drug-likeness (QED) is 0.626. The molecule has 0 saturated heterocycles. The van der Waals surface area contributed by atoms with Crippen LogP contribution < -0.4 is 11.1 Å². The van der Waals surface area contributed by atoms with Crippen LogP contribution in [0.3, 0.4) is 0 Å². The minimum atomic E-state index is 0.559. The zero-order chi connectivity index (χ0) is 14.8. The first-order chi connectivity index (χ1) is 10.1. The Hall–Kier alpha value is -1.75. The van der Waals surface area contributed by atoms with Gasteiger partial charge in [0.2, 0.25) is 0 Å². The molecule has 0 saturated carbocycles. The van der Waals surface area contributed by atoms with E-state index in [1.54, 1.807) is 12.1 Å². The molecule has 0 aliphatic carbocycles. The van der Waals surface area contributed by atoms with E-state index in [1.807, 2.05) is 35.7 Å². The maximum Gasteiger partial charge on any atom is 0.187 e. The van der Waals surface area contributed by atoms with Crippen LogP contribution in [0.25, 0.3) is 11.3 Å². The number of thiazole rings is 1. The Balaban J connectivity index is 1.85. The number of aromatic nitrogens is 1. The van der Waals surface area contributed by atoms with Gasteiger partial charge in [-0.1, -0.05) is 35.3 Å². The second-order valence-corrected chi connectivity index (χ2v) is 6.11. The number of hydrogen-bond acceptors (Lipinski definition) is 4. The van der Waals surface area contributed by atoms with Gasteiger partial charge in [-0.3, -0.25) is 0 Å². The highest BCUT2D eigenvalue weighted by Crippen LogP contribution is 2.31. The number of benzene rings is 2. The number of nitrogens with one attached hydrogen (secondary N) is 1. The van der Waals surface area contributed by atoms with Gasteiger partial charge in [-0.2, -0.15) is 0 Å². The van der Waals surface area contributed by atoms with Crippen molar-refractivity contribution in [3.8, 4) is 11.3 Å². The first-order valence-corrected chi connectivity index (χ1v) is 7.79. The number of hydrogen-bond donors (Lipinski definition) is 2. The Labute approximate surface area is 136 Å². The molecule has 3 N–H and O–H groups in total. The van der Waals surface area contributed by atoms with E-state index in [0.29, 0.717) is 10.0 Å². The molecule has 0 aliphatic rings. The molecular formula is C15H11Cl2N3S. The van der Waals surface area contributed by atoms with Crippen LogP contribution in [0.2, 0.25) is 10.0 Å². The normalized spacial score (nSPS) is 10.6. The van der Waals surface area contributed by atoms with Crippen molar-refractivity contribution in [2.24, 2.45) is 0 Å². The van der Waals surface area contributed by atoms with E-state index in [2.05, 4.69) is 10.3 Å². The van der Waals surface area contributed by atoms with Gasteiger partial charge in [-0.05, 0) is 30.3 Å². The number of halogens is 2. The molecule has 0 unspecified atom stereocenters. The summed E-state index contributed by atoms with van der Waals surface area (Å²) in [4.78, 5) is 4.54.